The molecule has 0 atom stereocenters. The van der Waals surface area contributed by atoms with Crippen molar-refractivity contribution in [2.24, 2.45) is 0 Å². The number of hydrogen-bond acceptors (Lipinski definition) is 0. The van der Waals surface area contributed by atoms with Crippen LogP contribution in [0.4, 0.5) is 0 Å². The standard InChI is InChI=1S/C14H26P/c1-3-5-7-11-15(12-8-6-4-2)13-9-10-14-15/h9-10,13-14H,3-8,11-12H2,1-2H3. The summed E-state index contributed by atoms with van der Waals surface area (Å²) in [6, 6.07) is 0. The topological polar surface area (TPSA) is 0 Å². The Morgan fingerprint density at radius 2 is 1.20 bits per heavy atom. The van der Waals surface area contributed by atoms with Crippen molar-refractivity contribution in [1.29, 1.82) is 0 Å². The minimum atomic E-state index is -0.767. The van der Waals surface area contributed by atoms with Gasteiger partial charge >= 0.3 is 0 Å². The molecule has 0 N–H and O–H groups in total. The fraction of sp³-hybridized carbons (Fsp3) is 0.714. The Labute approximate surface area is 96.2 Å². The smallest absolute Gasteiger partial charge is 0.0295 e. The molecular formula is C14H26P. The van der Waals surface area contributed by atoms with Crippen molar-refractivity contribution in [2.75, 3.05) is 12.3 Å². The summed E-state index contributed by atoms with van der Waals surface area (Å²) >= 11 is 0. The van der Waals surface area contributed by atoms with Gasteiger partial charge in [-0.1, -0.05) is 70.6 Å². The molecule has 0 saturated heterocycles. The van der Waals surface area contributed by atoms with Crippen LogP contribution in [0.3, 0.4) is 0 Å². The van der Waals surface area contributed by atoms with E-state index in [1.54, 1.807) is 0 Å². The molecule has 0 saturated carbocycles. The van der Waals surface area contributed by atoms with Crippen LogP contribution in [0.1, 0.15) is 52.4 Å². The van der Waals surface area contributed by atoms with Gasteiger partial charge in [-0.05, 0) is 25.2 Å². The Hall–Kier alpha value is -0.0900. The molecule has 1 rings (SSSR count). The first-order valence-corrected chi connectivity index (χ1v) is 8.86. The second-order valence-electron chi connectivity index (χ2n) is 4.65. The first-order chi connectivity index (χ1) is 7.33. The zero-order valence-corrected chi connectivity index (χ0v) is 11.3. The maximum Gasteiger partial charge on any atom is -0.0295 e. The second-order valence-corrected chi connectivity index (χ2v) is 8.34. The van der Waals surface area contributed by atoms with Gasteiger partial charge in [-0.2, -0.15) is 0 Å². The zero-order valence-electron chi connectivity index (χ0n) is 10.4. The molecule has 0 aromatic heterocycles. The van der Waals surface area contributed by atoms with Crippen molar-refractivity contribution in [2.45, 2.75) is 52.4 Å². The van der Waals surface area contributed by atoms with Gasteiger partial charge in [0.1, 0.15) is 0 Å². The highest BCUT2D eigenvalue weighted by atomic mass is 31.2. The van der Waals surface area contributed by atoms with E-state index in [-0.39, 0.29) is 0 Å². The first kappa shape index (κ1) is 13.0. The summed E-state index contributed by atoms with van der Waals surface area (Å²) in [6.45, 7) is 4.59. The molecule has 0 unspecified atom stereocenters. The van der Waals surface area contributed by atoms with E-state index in [1.165, 1.54) is 50.8 Å². The molecule has 0 amide bonds. The van der Waals surface area contributed by atoms with Gasteiger partial charge in [-0.15, -0.1) is 0 Å². The zero-order chi connectivity index (χ0) is 11.0. The number of unbranched alkanes of at least 4 members (excludes halogenated alkanes) is 4. The summed E-state index contributed by atoms with van der Waals surface area (Å²) in [5.74, 6) is 5.08. The Balaban J connectivity index is 2.34. The number of hydrogen-bond donors (Lipinski definition) is 0. The van der Waals surface area contributed by atoms with E-state index < -0.39 is 7.26 Å². The molecule has 0 spiro atoms. The van der Waals surface area contributed by atoms with E-state index >= 15 is 0 Å². The molecule has 1 aliphatic rings. The number of allylic oxidation sites excluding steroid dienone is 2. The summed E-state index contributed by atoms with van der Waals surface area (Å²) in [5, 5.41) is 0. The third-order valence-electron chi connectivity index (χ3n) is 3.23. The van der Waals surface area contributed by atoms with Crippen molar-refractivity contribution >= 4 is 7.26 Å². The summed E-state index contributed by atoms with van der Waals surface area (Å²) in [6.07, 6.45) is 15.9. The highest BCUT2D eigenvalue weighted by Crippen LogP contribution is 2.65. The lowest BCUT2D eigenvalue weighted by atomic mass is 10.3. The van der Waals surface area contributed by atoms with Crippen molar-refractivity contribution in [3.63, 3.8) is 0 Å². The Morgan fingerprint density at radius 1 is 0.733 bits per heavy atom. The van der Waals surface area contributed by atoms with Gasteiger partial charge in [0.25, 0.3) is 0 Å². The minimum absolute atomic E-state index is 0.767. The van der Waals surface area contributed by atoms with Crippen LogP contribution in [-0.2, 0) is 0 Å². The molecule has 0 fully saturated rings. The quantitative estimate of drug-likeness (QED) is 0.382. The lowest BCUT2D eigenvalue weighted by molar-refractivity contribution is 0.761. The molecule has 15 heavy (non-hydrogen) atoms. The summed E-state index contributed by atoms with van der Waals surface area (Å²) in [7, 11) is -0.767. The van der Waals surface area contributed by atoms with Gasteiger partial charge in [-0.25, -0.2) is 0 Å². The Morgan fingerprint density at radius 3 is 1.60 bits per heavy atom. The summed E-state index contributed by atoms with van der Waals surface area (Å²) in [5.41, 5.74) is 0. The maximum absolute atomic E-state index is 2.54. The predicted molar refractivity (Wildman–Crippen MR) is 74.0 cm³/mol. The average Bonchev–Trinajstić information content (AvgIpc) is 2.68. The molecule has 1 heteroatoms. The van der Waals surface area contributed by atoms with Crippen LogP contribution < -0.4 is 0 Å². The molecule has 0 nitrogen and oxygen atoms in total. The van der Waals surface area contributed by atoms with E-state index in [9.17, 15) is 0 Å². The Kier molecular flexibility index (Phi) is 6.25. The lowest BCUT2D eigenvalue weighted by Crippen LogP contribution is -1.98. The average molecular weight is 225 g/mol. The van der Waals surface area contributed by atoms with Crippen LogP contribution in [0.2, 0.25) is 0 Å². The van der Waals surface area contributed by atoms with Crippen molar-refractivity contribution in [1.82, 2.24) is 0 Å². The van der Waals surface area contributed by atoms with Crippen molar-refractivity contribution < 1.29 is 0 Å². The van der Waals surface area contributed by atoms with E-state index in [4.69, 9.17) is 0 Å². The molecule has 0 aromatic carbocycles. The highest BCUT2D eigenvalue weighted by Gasteiger charge is 2.21. The normalized spacial score (nSPS) is 17.5. The van der Waals surface area contributed by atoms with E-state index in [2.05, 4.69) is 37.6 Å². The molecule has 1 aliphatic heterocycles. The Bertz CT molecular complexity index is 191. The highest BCUT2D eigenvalue weighted by molar-refractivity contribution is 7.81. The second kappa shape index (κ2) is 7.23. The maximum atomic E-state index is 2.54. The molecule has 0 aromatic rings. The van der Waals surface area contributed by atoms with E-state index in [0.29, 0.717) is 0 Å². The third-order valence-corrected chi connectivity index (χ3v) is 7.06. The number of rotatable bonds is 8. The molecule has 1 heterocycles. The third kappa shape index (κ3) is 4.51. The van der Waals surface area contributed by atoms with E-state index in [0.717, 1.165) is 0 Å². The monoisotopic (exact) mass is 225 g/mol. The van der Waals surface area contributed by atoms with Crippen molar-refractivity contribution in [3.8, 4) is 0 Å². The van der Waals surface area contributed by atoms with E-state index in [1.807, 2.05) is 0 Å². The largest absolute Gasteiger partial charge is 0.0848 e. The van der Waals surface area contributed by atoms with Gasteiger partial charge < -0.3 is 0 Å². The van der Waals surface area contributed by atoms with Crippen LogP contribution in [0.15, 0.2) is 23.8 Å². The van der Waals surface area contributed by atoms with Gasteiger partial charge in [0.05, 0.1) is 0 Å². The van der Waals surface area contributed by atoms with Crippen LogP contribution in [0.25, 0.3) is 0 Å². The van der Waals surface area contributed by atoms with Gasteiger partial charge in [0, 0.05) is 0 Å². The summed E-state index contributed by atoms with van der Waals surface area (Å²) in [4.78, 5) is 0. The first-order valence-electron chi connectivity index (χ1n) is 6.56. The fourth-order valence-electron chi connectivity index (χ4n) is 2.21. The molecule has 0 bridgehead atoms. The molecular weight excluding hydrogens is 199 g/mol. The minimum Gasteiger partial charge on any atom is -0.0848 e. The van der Waals surface area contributed by atoms with Crippen LogP contribution in [-0.4, -0.2) is 12.3 Å². The van der Waals surface area contributed by atoms with Gasteiger partial charge in [0.2, 0.25) is 0 Å². The van der Waals surface area contributed by atoms with Crippen LogP contribution in [0, 0.1) is 0 Å². The van der Waals surface area contributed by atoms with Gasteiger partial charge in [-0.3, -0.25) is 0 Å². The van der Waals surface area contributed by atoms with Crippen LogP contribution >= 0.6 is 7.26 Å². The lowest BCUT2D eigenvalue weighted by Gasteiger charge is -2.28. The SMILES string of the molecule is CCCCC[P]1(CCCCC)C=CC=C1. The van der Waals surface area contributed by atoms with Crippen molar-refractivity contribution in [3.05, 3.63) is 23.8 Å². The fourth-order valence-corrected chi connectivity index (χ4v) is 5.64. The molecule has 87 valence electrons. The summed E-state index contributed by atoms with van der Waals surface area (Å²) < 4.78 is 0. The van der Waals surface area contributed by atoms with Crippen LogP contribution in [0.5, 0.6) is 0 Å². The predicted octanol–water partition coefficient (Wildman–Crippen LogP) is 5.43. The van der Waals surface area contributed by atoms with Gasteiger partial charge in [0.15, 0.2) is 0 Å². The molecule has 1 radical (unpaired) electrons. The molecule has 0 aliphatic carbocycles.